The van der Waals surface area contributed by atoms with Crippen molar-refractivity contribution < 1.29 is 19.2 Å². The molecular formula is C30H57N11O4. The molecule has 0 aliphatic carbocycles. The second-order valence-electron chi connectivity index (χ2n) is 11.3. The van der Waals surface area contributed by atoms with E-state index in [1.54, 1.807) is 6.92 Å². The molecule has 1 aromatic carbocycles. The van der Waals surface area contributed by atoms with E-state index in [1.807, 2.05) is 31.2 Å². The highest BCUT2D eigenvalue weighted by molar-refractivity contribution is 5.76. The highest BCUT2D eigenvalue weighted by Crippen LogP contribution is 2.05. The predicted molar refractivity (Wildman–Crippen MR) is 178 cm³/mol. The second-order valence-corrected chi connectivity index (χ2v) is 11.3. The topological polar surface area (TPSA) is 243 Å². The molecule has 0 heterocycles. The zero-order valence-corrected chi connectivity index (χ0v) is 27.2. The maximum atomic E-state index is 12.6. The van der Waals surface area contributed by atoms with E-state index in [4.69, 9.17) is 17.2 Å². The molecule has 0 spiro atoms. The summed E-state index contributed by atoms with van der Waals surface area (Å²) >= 11 is 0. The first-order chi connectivity index (χ1) is 21.6. The molecule has 256 valence electrons. The summed E-state index contributed by atoms with van der Waals surface area (Å²) < 4.78 is 0. The van der Waals surface area contributed by atoms with Gasteiger partial charge < -0.3 is 59.7 Å². The van der Waals surface area contributed by atoms with Gasteiger partial charge in [-0.25, -0.2) is 19.2 Å². The first-order valence-corrected chi connectivity index (χ1v) is 15.9. The second kappa shape index (κ2) is 23.5. The Morgan fingerprint density at radius 2 is 1.13 bits per heavy atom. The van der Waals surface area contributed by atoms with Gasteiger partial charge in [0.25, 0.3) is 0 Å². The third-order valence-electron chi connectivity index (χ3n) is 7.02. The Hall–Kier alpha value is -3.82. The van der Waals surface area contributed by atoms with Gasteiger partial charge >= 0.3 is 24.1 Å². The number of hydrogen-bond donors (Lipinski definition) is 11. The van der Waals surface area contributed by atoms with Crippen LogP contribution < -0.4 is 59.7 Å². The van der Waals surface area contributed by atoms with Gasteiger partial charge in [-0.1, -0.05) is 42.7 Å². The van der Waals surface area contributed by atoms with Crippen LogP contribution in [0.1, 0.15) is 56.6 Å². The summed E-state index contributed by atoms with van der Waals surface area (Å²) in [6.45, 7) is 5.84. The Morgan fingerprint density at radius 1 is 0.667 bits per heavy atom. The standard InChI is InChI=1S/C30H57N11O4/c1-21-10-12-23(13-11-21)16-24(33)18-36-30(45)41-26(9-5-7-15-32)20-38-28(43)39-22(2)17-35-29(44)40-25(8-4-6-14-31)19-37-27(42)34-3/h10-13,22,24-26H,4-9,14-20,31-33H2,1-3H3,(H2,34,37,42)(H2,35,40,44)(H2,36,41,45)(H2,38,39,43)/t22-,24-,25-,26-/m0/s1. The Balaban J connectivity index is 2.46. The van der Waals surface area contributed by atoms with E-state index >= 15 is 0 Å². The molecule has 45 heavy (non-hydrogen) atoms. The fraction of sp³-hybridized carbons (Fsp3) is 0.667. The zero-order valence-electron chi connectivity index (χ0n) is 27.2. The van der Waals surface area contributed by atoms with Crippen LogP contribution in [0.5, 0.6) is 0 Å². The molecule has 0 aromatic heterocycles. The molecule has 14 N–H and O–H groups in total. The first kappa shape index (κ1) is 39.2. The number of carbonyl (C=O) groups is 4. The number of benzene rings is 1. The number of urea groups is 4. The number of nitrogens with two attached hydrogens (primary N) is 3. The Morgan fingerprint density at radius 3 is 1.64 bits per heavy atom. The number of nitrogens with one attached hydrogen (secondary N) is 8. The first-order valence-electron chi connectivity index (χ1n) is 15.9. The molecule has 15 nitrogen and oxygen atoms in total. The number of unbranched alkanes of at least 4 members (excludes halogenated alkanes) is 2. The summed E-state index contributed by atoms with van der Waals surface area (Å²) in [5, 5.41) is 22.1. The van der Waals surface area contributed by atoms with Crippen LogP contribution in [0.4, 0.5) is 19.2 Å². The minimum atomic E-state index is -0.426. The van der Waals surface area contributed by atoms with Crippen LogP contribution in [0.15, 0.2) is 24.3 Å². The van der Waals surface area contributed by atoms with E-state index in [1.165, 1.54) is 12.6 Å². The molecular weight excluding hydrogens is 578 g/mol. The fourth-order valence-electron chi connectivity index (χ4n) is 4.41. The van der Waals surface area contributed by atoms with Gasteiger partial charge in [-0.05, 0) is 64.6 Å². The lowest BCUT2D eigenvalue weighted by atomic mass is 10.1. The van der Waals surface area contributed by atoms with E-state index in [0.717, 1.165) is 31.2 Å². The smallest absolute Gasteiger partial charge is 0.315 e. The molecule has 0 aliphatic heterocycles. The van der Waals surface area contributed by atoms with E-state index in [9.17, 15) is 19.2 Å². The highest BCUT2D eigenvalue weighted by Gasteiger charge is 2.17. The zero-order chi connectivity index (χ0) is 33.5. The molecule has 0 aliphatic rings. The van der Waals surface area contributed by atoms with Crippen molar-refractivity contribution in [3.8, 4) is 0 Å². The molecule has 15 heteroatoms. The van der Waals surface area contributed by atoms with Crippen molar-refractivity contribution in [1.29, 1.82) is 0 Å². The highest BCUT2D eigenvalue weighted by atomic mass is 16.2. The minimum absolute atomic E-state index is 0.182. The summed E-state index contributed by atoms with van der Waals surface area (Å²) in [5.41, 5.74) is 19.7. The lowest BCUT2D eigenvalue weighted by molar-refractivity contribution is 0.226. The predicted octanol–water partition coefficient (Wildman–Crippen LogP) is 0.0751. The molecule has 1 rings (SSSR count). The lowest BCUT2D eigenvalue weighted by Crippen LogP contribution is -2.53. The average molecular weight is 636 g/mol. The van der Waals surface area contributed by atoms with Gasteiger partial charge in [0.2, 0.25) is 0 Å². The van der Waals surface area contributed by atoms with Crippen molar-refractivity contribution >= 4 is 24.1 Å². The Kier molecular flexibility index (Phi) is 20.5. The van der Waals surface area contributed by atoms with Gasteiger partial charge in [0, 0.05) is 57.4 Å². The van der Waals surface area contributed by atoms with Crippen molar-refractivity contribution in [3.63, 3.8) is 0 Å². The Bertz CT molecular complexity index is 997. The average Bonchev–Trinajstić information content (AvgIpc) is 3.01. The third kappa shape index (κ3) is 20.0. The Labute approximate surface area is 267 Å². The molecule has 0 saturated heterocycles. The SMILES string of the molecule is CNC(=O)NC[C@H](CCCCN)NC(=O)NC[C@H](C)NC(=O)NC[C@H](CCCCN)NC(=O)NC[C@@H](N)Cc1ccc(C)cc1. The maximum Gasteiger partial charge on any atom is 0.315 e. The fourth-order valence-corrected chi connectivity index (χ4v) is 4.41. The molecule has 8 amide bonds. The summed E-state index contributed by atoms with van der Waals surface area (Å²) in [6.07, 6.45) is 5.14. The summed E-state index contributed by atoms with van der Waals surface area (Å²) in [5.74, 6) is 0. The minimum Gasteiger partial charge on any atom is -0.341 e. The summed E-state index contributed by atoms with van der Waals surface area (Å²) in [6, 6.07) is 5.40. The summed E-state index contributed by atoms with van der Waals surface area (Å²) in [4.78, 5) is 49.1. The van der Waals surface area contributed by atoms with E-state index in [2.05, 4.69) is 42.5 Å². The van der Waals surface area contributed by atoms with Crippen LogP contribution in [0, 0.1) is 6.92 Å². The van der Waals surface area contributed by atoms with Crippen molar-refractivity contribution in [2.45, 2.75) is 83.0 Å². The normalized spacial score (nSPS) is 13.4. The quantitative estimate of drug-likeness (QED) is 0.0830. The van der Waals surface area contributed by atoms with Gasteiger partial charge in [-0.15, -0.1) is 0 Å². The van der Waals surface area contributed by atoms with Gasteiger partial charge in [-0.3, -0.25) is 0 Å². The van der Waals surface area contributed by atoms with Crippen molar-refractivity contribution in [2.75, 3.05) is 46.3 Å². The third-order valence-corrected chi connectivity index (χ3v) is 7.02. The number of carbonyl (C=O) groups excluding carboxylic acids is 4. The monoisotopic (exact) mass is 635 g/mol. The van der Waals surface area contributed by atoms with E-state index in [-0.39, 0.29) is 55.9 Å². The van der Waals surface area contributed by atoms with Crippen LogP contribution >= 0.6 is 0 Å². The van der Waals surface area contributed by atoms with Gasteiger partial charge in [0.05, 0.1) is 0 Å². The maximum absolute atomic E-state index is 12.6. The number of hydrogen-bond acceptors (Lipinski definition) is 7. The van der Waals surface area contributed by atoms with E-state index in [0.29, 0.717) is 38.9 Å². The largest absolute Gasteiger partial charge is 0.341 e. The van der Waals surface area contributed by atoms with Crippen LogP contribution in [0.2, 0.25) is 0 Å². The molecule has 4 atom stereocenters. The molecule has 0 radical (unpaired) electrons. The number of rotatable bonds is 21. The number of aryl methyl sites for hydroxylation is 1. The van der Waals surface area contributed by atoms with Gasteiger partial charge in [0.15, 0.2) is 0 Å². The van der Waals surface area contributed by atoms with Crippen molar-refractivity contribution in [3.05, 3.63) is 35.4 Å². The van der Waals surface area contributed by atoms with Crippen LogP contribution in [0.25, 0.3) is 0 Å². The van der Waals surface area contributed by atoms with Gasteiger partial charge in [-0.2, -0.15) is 0 Å². The number of amides is 8. The van der Waals surface area contributed by atoms with Gasteiger partial charge in [0.1, 0.15) is 0 Å². The molecule has 1 aromatic rings. The molecule has 0 saturated carbocycles. The summed E-state index contributed by atoms with van der Waals surface area (Å²) in [7, 11) is 1.52. The van der Waals surface area contributed by atoms with E-state index < -0.39 is 12.1 Å². The molecule has 0 bridgehead atoms. The van der Waals surface area contributed by atoms with Crippen LogP contribution in [-0.2, 0) is 6.42 Å². The van der Waals surface area contributed by atoms with Crippen molar-refractivity contribution in [1.82, 2.24) is 42.5 Å². The lowest BCUT2D eigenvalue weighted by Gasteiger charge is -2.22. The molecule has 0 fully saturated rings. The molecule has 0 unspecified atom stereocenters. The van der Waals surface area contributed by atoms with Crippen LogP contribution in [-0.4, -0.2) is 94.6 Å². The van der Waals surface area contributed by atoms with Crippen molar-refractivity contribution in [2.24, 2.45) is 17.2 Å². The van der Waals surface area contributed by atoms with Crippen LogP contribution in [0.3, 0.4) is 0 Å².